The standard InChI is InChI=1S/C12H16N2O/c1-5-12(15)14(4)11-8-6-10(7-9-11)13(2)3/h5-9H,1H2,2-4H3. The van der Waals surface area contributed by atoms with Gasteiger partial charge in [0.1, 0.15) is 0 Å². The molecule has 0 spiro atoms. The number of benzene rings is 1. The summed E-state index contributed by atoms with van der Waals surface area (Å²) in [7, 11) is 5.69. The summed E-state index contributed by atoms with van der Waals surface area (Å²) in [6.07, 6.45) is 1.31. The van der Waals surface area contributed by atoms with Crippen molar-refractivity contribution in [3.63, 3.8) is 0 Å². The Bertz CT molecular complexity index is 354. The molecule has 0 aliphatic carbocycles. The summed E-state index contributed by atoms with van der Waals surface area (Å²) < 4.78 is 0. The maximum atomic E-state index is 11.3. The third kappa shape index (κ3) is 2.59. The number of nitrogens with zero attached hydrogens (tertiary/aromatic N) is 2. The highest BCUT2D eigenvalue weighted by atomic mass is 16.2. The fraction of sp³-hybridized carbons (Fsp3) is 0.250. The smallest absolute Gasteiger partial charge is 0.250 e. The van der Waals surface area contributed by atoms with Crippen LogP contribution in [-0.4, -0.2) is 27.1 Å². The van der Waals surface area contributed by atoms with Crippen molar-refractivity contribution in [2.75, 3.05) is 30.9 Å². The molecule has 3 heteroatoms. The predicted octanol–water partition coefficient (Wildman–Crippen LogP) is 1.90. The Morgan fingerprint density at radius 1 is 1.13 bits per heavy atom. The Labute approximate surface area is 90.6 Å². The number of carbonyl (C=O) groups is 1. The summed E-state index contributed by atoms with van der Waals surface area (Å²) in [4.78, 5) is 14.9. The van der Waals surface area contributed by atoms with Gasteiger partial charge in [-0.3, -0.25) is 4.79 Å². The first-order valence-electron chi connectivity index (χ1n) is 4.73. The largest absolute Gasteiger partial charge is 0.378 e. The molecule has 1 rings (SSSR count). The fourth-order valence-electron chi connectivity index (χ4n) is 1.24. The zero-order valence-electron chi connectivity index (χ0n) is 9.40. The van der Waals surface area contributed by atoms with Gasteiger partial charge in [-0.2, -0.15) is 0 Å². The van der Waals surface area contributed by atoms with Gasteiger partial charge in [-0.05, 0) is 30.3 Å². The molecule has 0 aliphatic heterocycles. The van der Waals surface area contributed by atoms with Gasteiger partial charge in [-0.15, -0.1) is 0 Å². The highest BCUT2D eigenvalue weighted by Crippen LogP contribution is 2.18. The van der Waals surface area contributed by atoms with Crippen LogP contribution < -0.4 is 9.80 Å². The lowest BCUT2D eigenvalue weighted by Crippen LogP contribution is -2.23. The van der Waals surface area contributed by atoms with Crippen LogP contribution in [-0.2, 0) is 4.79 Å². The number of carbonyl (C=O) groups excluding carboxylic acids is 1. The molecule has 1 aromatic rings. The Hall–Kier alpha value is -1.77. The summed E-state index contributed by atoms with van der Waals surface area (Å²) in [5.41, 5.74) is 1.98. The second-order valence-corrected chi connectivity index (χ2v) is 3.51. The third-order valence-corrected chi connectivity index (χ3v) is 2.26. The van der Waals surface area contributed by atoms with Gasteiger partial charge in [-0.1, -0.05) is 6.58 Å². The number of likely N-dealkylation sites (N-methyl/N-ethyl adjacent to an activating group) is 1. The van der Waals surface area contributed by atoms with E-state index in [9.17, 15) is 4.79 Å². The van der Waals surface area contributed by atoms with Crippen molar-refractivity contribution in [1.82, 2.24) is 0 Å². The quantitative estimate of drug-likeness (QED) is 0.702. The van der Waals surface area contributed by atoms with Crippen LogP contribution in [0.5, 0.6) is 0 Å². The molecule has 0 radical (unpaired) electrons. The molecular weight excluding hydrogens is 188 g/mol. The summed E-state index contributed by atoms with van der Waals surface area (Å²) in [5, 5.41) is 0. The van der Waals surface area contributed by atoms with E-state index in [-0.39, 0.29) is 5.91 Å². The topological polar surface area (TPSA) is 23.6 Å². The van der Waals surface area contributed by atoms with E-state index in [2.05, 4.69) is 6.58 Å². The number of rotatable bonds is 3. The lowest BCUT2D eigenvalue weighted by atomic mass is 10.2. The van der Waals surface area contributed by atoms with E-state index in [1.807, 2.05) is 43.3 Å². The van der Waals surface area contributed by atoms with Crippen LogP contribution in [0.25, 0.3) is 0 Å². The second kappa shape index (κ2) is 4.64. The number of hydrogen-bond donors (Lipinski definition) is 0. The van der Waals surface area contributed by atoms with Gasteiger partial charge >= 0.3 is 0 Å². The van der Waals surface area contributed by atoms with E-state index in [0.29, 0.717) is 0 Å². The molecule has 0 aliphatic rings. The average molecular weight is 204 g/mol. The van der Waals surface area contributed by atoms with Crippen LogP contribution in [0, 0.1) is 0 Å². The van der Waals surface area contributed by atoms with Crippen molar-refractivity contribution in [3.8, 4) is 0 Å². The van der Waals surface area contributed by atoms with E-state index in [1.165, 1.54) is 6.08 Å². The number of hydrogen-bond acceptors (Lipinski definition) is 2. The summed E-state index contributed by atoms with van der Waals surface area (Å²) in [5.74, 6) is -0.104. The van der Waals surface area contributed by atoms with Crippen LogP contribution in [0.4, 0.5) is 11.4 Å². The Kier molecular flexibility index (Phi) is 3.50. The van der Waals surface area contributed by atoms with Gasteiger partial charge in [0.05, 0.1) is 0 Å². The Balaban J connectivity index is 2.88. The molecule has 0 saturated carbocycles. The predicted molar refractivity (Wildman–Crippen MR) is 64.4 cm³/mol. The maximum Gasteiger partial charge on any atom is 0.250 e. The van der Waals surface area contributed by atoms with Gasteiger partial charge in [-0.25, -0.2) is 0 Å². The Morgan fingerprint density at radius 2 is 1.60 bits per heavy atom. The number of amides is 1. The molecule has 1 aromatic carbocycles. The first-order valence-corrected chi connectivity index (χ1v) is 4.73. The molecule has 3 nitrogen and oxygen atoms in total. The SMILES string of the molecule is C=CC(=O)N(C)c1ccc(N(C)C)cc1. The molecule has 1 amide bonds. The minimum atomic E-state index is -0.104. The molecule has 0 N–H and O–H groups in total. The van der Waals surface area contributed by atoms with Crippen molar-refractivity contribution in [3.05, 3.63) is 36.9 Å². The minimum absolute atomic E-state index is 0.104. The van der Waals surface area contributed by atoms with Crippen LogP contribution in [0.2, 0.25) is 0 Å². The Morgan fingerprint density at radius 3 is 2.00 bits per heavy atom. The van der Waals surface area contributed by atoms with E-state index >= 15 is 0 Å². The van der Waals surface area contributed by atoms with Crippen LogP contribution >= 0.6 is 0 Å². The zero-order valence-corrected chi connectivity index (χ0v) is 9.40. The molecule has 80 valence electrons. The molecule has 0 atom stereocenters. The lowest BCUT2D eigenvalue weighted by molar-refractivity contribution is -0.113. The molecular formula is C12H16N2O. The van der Waals surface area contributed by atoms with Gasteiger partial charge in [0.15, 0.2) is 0 Å². The molecule has 0 heterocycles. The third-order valence-electron chi connectivity index (χ3n) is 2.26. The zero-order chi connectivity index (χ0) is 11.4. The average Bonchev–Trinajstić information content (AvgIpc) is 2.27. The van der Waals surface area contributed by atoms with E-state index in [0.717, 1.165) is 11.4 Å². The molecule has 0 saturated heterocycles. The molecule has 0 aromatic heterocycles. The van der Waals surface area contributed by atoms with Gasteiger partial charge in [0.2, 0.25) is 5.91 Å². The second-order valence-electron chi connectivity index (χ2n) is 3.51. The summed E-state index contributed by atoms with van der Waals surface area (Å²) >= 11 is 0. The van der Waals surface area contributed by atoms with Gasteiger partial charge in [0, 0.05) is 32.5 Å². The van der Waals surface area contributed by atoms with Gasteiger partial charge in [0.25, 0.3) is 0 Å². The molecule has 0 unspecified atom stereocenters. The molecule has 15 heavy (non-hydrogen) atoms. The van der Waals surface area contributed by atoms with Crippen LogP contribution in [0.1, 0.15) is 0 Å². The monoisotopic (exact) mass is 204 g/mol. The first-order chi connectivity index (χ1) is 7.06. The van der Waals surface area contributed by atoms with Crippen molar-refractivity contribution in [1.29, 1.82) is 0 Å². The molecule has 0 fully saturated rings. The van der Waals surface area contributed by atoms with E-state index < -0.39 is 0 Å². The highest BCUT2D eigenvalue weighted by Gasteiger charge is 2.06. The van der Waals surface area contributed by atoms with Crippen molar-refractivity contribution < 1.29 is 4.79 Å². The highest BCUT2D eigenvalue weighted by molar-refractivity contribution is 6.00. The summed E-state index contributed by atoms with van der Waals surface area (Å²) in [6.45, 7) is 3.45. The first kappa shape index (κ1) is 11.3. The fourth-order valence-corrected chi connectivity index (χ4v) is 1.24. The maximum absolute atomic E-state index is 11.3. The van der Waals surface area contributed by atoms with E-state index in [4.69, 9.17) is 0 Å². The normalized spacial score (nSPS) is 9.53. The van der Waals surface area contributed by atoms with Gasteiger partial charge < -0.3 is 9.80 Å². The van der Waals surface area contributed by atoms with Crippen LogP contribution in [0.15, 0.2) is 36.9 Å². The van der Waals surface area contributed by atoms with Crippen LogP contribution in [0.3, 0.4) is 0 Å². The summed E-state index contributed by atoms with van der Waals surface area (Å²) in [6, 6.07) is 7.78. The van der Waals surface area contributed by atoms with E-state index in [1.54, 1.807) is 11.9 Å². The van der Waals surface area contributed by atoms with Crippen molar-refractivity contribution in [2.24, 2.45) is 0 Å². The number of anilines is 2. The van der Waals surface area contributed by atoms with Crippen molar-refractivity contribution in [2.45, 2.75) is 0 Å². The minimum Gasteiger partial charge on any atom is -0.378 e. The molecule has 0 bridgehead atoms. The van der Waals surface area contributed by atoms with Crippen molar-refractivity contribution >= 4 is 17.3 Å². The lowest BCUT2D eigenvalue weighted by Gasteiger charge is -2.17.